The van der Waals surface area contributed by atoms with Crippen molar-refractivity contribution in [1.82, 2.24) is 20.7 Å². The monoisotopic (exact) mass is 356 g/mol. The fourth-order valence-electron chi connectivity index (χ4n) is 5.10. The second-order valence-corrected chi connectivity index (χ2v) is 8.37. The van der Waals surface area contributed by atoms with Crippen LogP contribution in [0, 0.1) is 12.8 Å². The van der Waals surface area contributed by atoms with E-state index in [0.29, 0.717) is 23.8 Å². The Morgan fingerprint density at radius 1 is 1.15 bits per heavy atom. The summed E-state index contributed by atoms with van der Waals surface area (Å²) in [5.41, 5.74) is 9.68. The largest absolute Gasteiger partial charge is 0.341 e. The number of hydrogen-bond donors (Lipinski definition) is 2. The summed E-state index contributed by atoms with van der Waals surface area (Å²) in [5.74, 6) is 1.50. The lowest BCUT2D eigenvalue weighted by Gasteiger charge is -2.38. The molecule has 0 aromatic heterocycles. The molecule has 1 aromatic carbocycles. The van der Waals surface area contributed by atoms with Crippen molar-refractivity contribution in [3.05, 3.63) is 35.4 Å². The third-order valence-electron chi connectivity index (χ3n) is 6.66. The number of aryl methyl sites for hydroxylation is 1. The second-order valence-electron chi connectivity index (χ2n) is 8.37. The predicted molar refractivity (Wildman–Crippen MR) is 104 cm³/mol. The number of carbonyl (C=O) groups is 1. The molecule has 1 amide bonds. The minimum Gasteiger partial charge on any atom is -0.341 e. The highest BCUT2D eigenvalue weighted by Gasteiger charge is 2.38. The third-order valence-corrected chi connectivity index (χ3v) is 6.66. The second kappa shape index (κ2) is 7.67. The fourth-order valence-corrected chi connectivity index (χ4v) is 5.10. The molecular weight excluding hydrogens is 324 g/mol. The molecular formula is C21H32N4O. The highest BCUT2D eigenvalue weighted by atomic mass is 16.2. The molecule has 0 spiro atoms. The summed E-state index contributed by atoms with van der Waals surface area (Å²) in [4.78, 5) is 17.2. The fraction of sp³-hybridized carbons (Fsp3) is 0.667. The Balaban J connectivity index is 1.37. The number of carbonyl (C=O) groups excluding carboxylic acids is 1. The van der Waals surface area contributed by atoms with Gasteiger partial charge in [-0.05, 0) is 57.7 Å². The zero-order valence-corrected chi connectivity index (χ0v) is 16.1. The van der Waals surface area contributed by atoms with Gasteiger partial charge in [0.25, 0.3) is 0 Å². The van der Waals surface area contributed by atoms with Crippen LogP contribution in [0.3, 0.4) is 0 Å². The standard InChI is InChI=1S/C21H32N4O/c1-15-5-3-6-17(13-15)18-14-22-23-20(18)16-8-11-25(12-9-16)21(26)19-7-4-10-24(19)2/h3,5-6,13,16,18-20,22-23H,4,7-12,14H2,1-2H3/t18?,19-,20?/m0/s1. The molecule has 0 bridgehead atoms. The molecule has 3 heterocycles. The summed E-state index contributed by atoms with van der Waals surface area (Å²) in [5, 5.41) is 0. The van der Waals surface area contributed by atoms with Crippen molar-refractivity contribution in [2.45, 2.75) is 50.6 Å². The molecule has 5 nitrogen and oxygen atoms in total. The van der Waals surface area contributed by atoms with Gasteiger partial charge in [0.1, 0.15) is 0 Å². The van der Waals surface area contributed by atoms with E-state index >= 15 is 0 Å². The highest BCUT2D eigenvalue weighted by Crippen LogP contribution is 2.33. The van der Waals surface area contributed by atoms with Gasteiger partial charge in [0.2, 0.25) is 5.91 Å². The van der Waals surface area contributed by atoms with Gasteiger partial charge in [-0.1, -0.05) is 29.8 Å². The minimum atomic E-state index is 0.123. The van der Waals surface area contributed by atoms with Crippen LogP contribution in [0.5, 0.6) is 0 Å². The van der Waals surface area contributed by atoms with Crippen LogP contribution in [0.2, 0.25) is 0 Å². The van der Waals surface area contributed by atoms with E-state index in [2.05, 4.69) is 58.9 Å². The molecule has 5 heteroatoms. The van der Waals surface area contributed by atoms with Gasteiger partial charge in [0.05, 0.1) is 6.04 Å². The molecule has 26 heavy (non-hydrogen) atoms. The smallest absolute Gasteiger partial charge is 0.239 e. The van der Waals surface area contributed by atoms with Crippen LogP contribution in [-0.2, 0) is 4.79 Å². The van der Waals surface area contributed by atoms with Gasteiger partial charge in [-0.3, -0.25) is 20.5 Å². The van der Waals surface area contributed by atoms with E-state index in [1.807, 2.05) is 0 Å². The molecule has 3 atom stereocenters. The molecule has 4 rings (SSSR count). The van der Waals surface area contributed by atoms with Crippen LogP contribution in [0.4, 0.5) is 0 Å². The number of benzene rings is 1. The van der Waals surface area contributed by atoms with Gasteiger partial charge in [0.15, 0.2) is 0 Å². The Morgan fingerprint density at radius 2 is 1.96 bits per heavy atom. The van der Waals surface area contributed by atoms with E-state index in [-0.39, 0.29) is 6.04 Å². The molecule has 0 radical (unpaired) electrons. The van der Waals surface area contributed by atoms with Crippen molar-refractivity contribution >= 4 is 5.91 Å². The van der Waals surface area contributed by atoms with Crippen molar-refractivity contribution in [1.29, 1.82) is 0 Å². The molecule has 2 N–H and O–H groups in total. The van der Waals surface area contributed by atoms with E-state index in [1.54, 1.807) is 0 Å². The van der Waals surface area contributed by atoms with Crippen molar-refractivity contribution in [3.63, 3.8) is 0 Å². The first-order valence-electron chi connectivity index (χ1n) is 10.2. The van der Waals surface area contributed by atoms with Crippen molar-refractivity contribution in [3.8, 4) is 0 Å². The Hall–Kier alpha value is -1.43. The van der Waals surface area contributed by atoms with Gasteiger partial charge >= 0.3 is 0 Å². The number of nitrogens with one attached hydrogen (secondary N) is 2. The number of amides is 1. The number of piperidine rings is 1. The lowest BCUT2D eigenvalue weighted by molar-refractivity contribution is -0.137. The average molecular weight is 357 g/mol. The van der Waals surface area contributed by atoms with Crippen LogP contribution in [0.25, 0.3) is 0 Å². The summed E-state index contributed by atoms with van der Waals surface area (Å²) in [6, 6.07) is 9.49. The van der Waals surface area contributed by atoms with E-state index in [0.717, 1.165) is 51.9 Å². The molecule has 0 saturated carbocycles. The lowest BCUT2D eigenvalue weighted by Crippen LogP contribution is -2.50. The first-order chi connectivity index (χ1) is 12.6. The van der Waals surface area contributed by atoms with E-state index < -0.39 is 0 Å². The number of nitrogens with zero attached hydrogens (tertiary/aromatic N) is 2. The summed E-state index contributed by atoms with van der Waals surface area (Å²) in [6.45, 7) is 6.03. The van der Waals surface area contributed by atoms with Crippen LogP contribution in [0.1, 0.15) is 42.7 Å². The topological polar surface area (TPSA) is 47.6 Å². The summed E-state index contributed by atoms with van der Waals surface area (Å²) in [7, 11) is 2.09. The number of hydrogen-bond acceptors (Lipinski definition) is 4. The maximum Gasteiger partial charge on any atom is 0.239 e. The predicted octanol–water partition coefficient (Wildman–Crippen LogP) is 1.89. The van der Waals surface area contributed by atoms with Crippen LogP contribution < -0.4 is 10.9 Å². The van der Waals surface area contributed by atoms with Crippen molar-refractivity contribution in [2.24, 2.45) is 5.92 Å². The quantitative estimate of drug-likeness (QED) is 0.868. The summed E-state index contributed by atoms with van der Waals surface area (Å²) >= 11 is 0. The Morgan fingerprint density at radius 3 is 2.65 bits per heavy atom. The molecule has 3 aliphatic rings. The van der Waals surface area contributed by atoms with Crippen LogP contribution in [-0.4, -0.2) is 61.0 Å². The summed E-state index contributed by atoms with van der Waals surface area (Å²) in [6.07, 6.45) is 4.38. The molecule has 142 valence electrons. The van der Waals surface area contributed by atoms with Crippen LogP contribution >= 0.6 is 0 Å². The van der Waals surface area contributed by atoms with Gasteiger partial charge in [-0.25, -0.2) is 0 Å². The minimum absolute atomic E-state index is 0.123. The van der Waals surface area contributed by atoms with Crippen molar-refractivity contribution in [2.75, 3.05) is 33.2 Å². The van der Waals surface area contributed by atoms with Gasteiger partial charge in [-0.2, -0.15) is 0 Å². The zero-order chi connectivity index (χ0) is 18.1. The molecule has 0 aliphatic carbocycles. The molecule has 3 saturated heterocycles. The van der Waals surface area contributed by atoms with Gasteiger partial charge in [-0.15, -0.1) is 0 Å². The Labute approximate surface area is 157 Å². The highest BCUT2D eigenvalue weighted by molar-refractivity contribution is 5.82. The average Bonchev–Trinajstić information content (AvgIpc) is 3.30. The Bertz CT molecular complexity index is 641. The number of likely N-dealkylation sites (N-methyl/N-ethyl adjacent to an activating group) is 1. The number of hydrazine groups is 1. The maximum absolute atomic E-state index is 12.8. The lowest BCUT2D eigenvalue weighted by atomic mass is 9.80. The van der Waals surface area contributed by atoms with E-state index in [4.69, 9.17) is 0 Å². The first kappa shape index (κ1) is 18.0. The van der Waals surface area contributed by atoms with Gasteiger partial charge < -0.3 is 4.90 Å². The molecule has 3 fully saturated rings. The van der Waals surface area contributed by atoms with Gasteiger partial charge in [0, 0.05) is 31.6 Å². The zero-order valence-electron chi connectivity index (χ0n) is 16.1. The normalized spacial score (nSPS) is 30.8. The Kier molecular flexibility index (Phi) is 5.30. The SMILES string of the molecule is Cc1cccc(C2CNNC2C2CCN(C(=O)[C@@H]3CCCN3C)CC2)c1. The first-order valence-corrected chi connectivity index (χ1v) is 10.2. The molecule has 2 unspecified atom stereocenters. The third kappa shape index (κ3) is 3.53. The maximum atomic E-state index is 12.8. The summed E-state index contributed by atoms with van der Waals surface area (Å²) < 4.78 is 0. The van der Waals surface area contributed by atoms with E-state index in [1.165, 1.54) is 11.1 Å². The van der Waals surface area contributed by atoms with E-state index in [9.17, 15) is 4.79 Å². The molecule has 1 aromatic rings. The van der Waals surface area contributed by atoms with Crippen molar-refractivity contribution < 1.29 is 4.79 Å². The number of likely N-dealkylation sites (tertiary alicyclic amines) is 2. The van der Waals surface area contributed by atoms with Crippen LogP contribution in [0.15, 0.2) is 24.3 Å². The molecule has 3 aliphatic heterocycles. The number of rotatable bonds is 3.